The van der Waals surface area contributed by atoms with Gasteiger partial charge in [-0.2, -0.15) is 0 Å². The summed E-state index contributed by atoms with van der Waals surface area (Å²) in [5.41, 5.74) is 1.27. The number of halogens is 1. The number of hydrogen-bond donors (Lipinski definition) is 0. The van der Waals surface area contributed by atoms with Gasteiger partial charge in [-0.3, -0.25) is 0 Å². The van der Waals surface area contributed by atoms with Crippen molar-refractivity contribution in [2.45, 2.75) is 10.5 Å². The Hall–Kier alpha value is -0.320. The van der Waals surface area contributed by atoms with Crippen molar-refractivity contribution in [1.29, 1.82) is 0 Å². The van der Waals surface area contributed by atoms with Crippen molar-refractivity contribution in [1.82, 2.24) is 0 Å². The molecular weight excluding hydrogens is 340 g/mol. The maximum Gasteiger partial charge on any atom is 0.124 e. The molecule has 1 aliphatic rings. The second-order valence-corrected chi connectivity index (χ2v) is 8.00. The van der Waals surface area contributed by atoms with Gasteiger partial charge in [-0.1, -0.05) is 28.1 Å². The number of thioether (sulfide) groups is 2. The Balaban J connectivity index is 2.39. The summed E-state index contributed by atoms with van der Waals surface area (Å²) in [5.74, 6) is 2.88. The zero-order valence-electron chi connectivity index (χ0n) is 10.7. The number of rotatable bonds is 6. The molecule has 0 bridgehead atoms. The standard InChI is InChI=1S/C15H17BrOS2/c1-3-9-18-15(19-10-4-2)7-8-17-14-6-5-12(16)11-13(14)15/h3-6,11H,1-2,7-10H2. The van der Waals surface area contributed by atoms with Crippen LogP contribution in [0.25, 0.3) is 0 Å². The van der Waals surface area contributed by atoms with Crippen LogP contribution in [-0.2, 0) is 4.08 Å². The van der Waals surface area contributed by atoms with Crippen molar-refractivity contribution in [2.75, 3.05) is 18.1 Å². The molecule has 0 radical (unpaired) electrons. The molecule has 0 amide bonds. The van der Waals surface area contributed by atoms with Crippen LogP contribution in [0.4, 0.5) is 0 Å². The summed E-state index contributed by atoms with van der Waals surface area (Å²) in [5, 5.41) is 0. The van der Waals surface area contributed by atoms with E-state index in [0.717, 1.165) is 34.8 Å². The minimum absolute atomic E-state index is 0.0414. The van der Waals surface area contributed by atoms with Crippen LogP contribution < -0.4 is 4.74 Å². The van der Waals surface area contributed by atoms with E-state index in [-0.39, 0.29) is 4.08 Å². The molecule has 0 aliphatic carbocycles. The molecule has 0 spiro atoms. The lowest BCUT2D eigenvalue weighted by Gasteiger charge is -2.37. The van der Waals surface area contributed by atoms with Crippen molar-refractivity contribution < 1.29 is 4.74 Å². The summed E-state index contributed by atoms with van der Waals surface area (Å²) in [6.07, 6.45) is 4.94. The number of fused-ring (bicyclic) bond motifs is 1. The second kappa shape index (κ2) is 6.91. The molecule has 1 heterocycles. The topological polar surface area (TPSA) is 9.23 Å². The van der Waals surface area contributed by atoms with Gasteiger partial charge in [-0.15, -0.1) is 36.7 Å². The summed E-state index contributed by atoms with van der Waals surface area (Å²) < 4.78 is 6.93. The molecule has 0 atom stereocenters. The molecule has 19 heavy (non-hydrogen) atoms. The Morgan fingerprint density at radius 2 is 1.95 bits per heavy atom. The first-order valence-electron chi connectivity index (χ1n) is 6.14. The predicted octanol–water partition coefficient (Wildman–Crippen LogP) is 5.22. The van der Waals surface area contributed by atoms with Crippen LogP contribution in [0.1, 0.15) is 12.0 Å². The van der Waals surface area contributed by atoms with E-state index in [1.807, 2.05) is 41.7 Å². The first-order valence-corrected chi connectivity index (χ1v) is 8.91. The molecule has 1 aromatic carbocycles. The Morgan fingerprint density at radius 1 is 1.26 bits per heavy atom. The molecule has 0 aromatic heterocycles. The molecule has 1 aliphatic heterocycles. The lowest BCUT2D eigenvalue weighted by atomic mass is 10.1. The average Bonchev–Trinajstić information content (AvgIpc) is 2.43. The third-order valence-corrected chi connectivity index (χ3v) is 6.70. The van der Waals surface area contributed by atoms with Gasteiger partial charge >= 0.3 is 0 Å². The highest BCUT2D eigenvalue weighted by Crippen LogP contribution is 2.54. The van der Waals surface area contributed by atoms with Gasteiger partial charge in [0.05, 0.1) is 10.7 Å². The summed E-state index contributed by atoms with van der Waals surface area (Å²) >= 11 is 7.43. The van der Waals surface area contributed by atoms with Gasteiger partial charge in [0.2, 0.25) is 0 Å². The summed E-state index contributed by atoms with van der Waals surface area (Å²) in [6.45, 7) is 8.45. The highest BCUT2D eigenvalue weighted by atomic mass is 79.9. The minimum Gasteiger partial charge on any atom is -0.493 e. The average molecular weight is 357 g/mol. The Bertz CT molecular complexity index is 461. The molecule has 0 fully saturated rings. The molecule has 1 nitrogen and oxygen atoms in total. The van der Waals surface area contributed by atoms with Crippen LogP contribution in [0.3, 0.4) is 0 Å². The van der Waals surface area contributed by atoms with Crippen LogP contribution in [0, 0.1) is 0 Å². The van der Waals surface area contributed by atoms with Crippen LogP contribution >= 0.6 is 39.5 Å². The normalized spacial score (nSPS) is 16.3. The first-order chi connectivity index (χ1) is 9.22. The minimum atomic E-state index is 0.0414. The second-order valence-electron chi connectivity index (χ2n) is 4.19. The Morgan fingerprint density at radius 3 is 2.58 bits per heavy atom. The van der Waals surface area contributed by atoms with Crippen molar-refractivity contribution in [3.63, 3.8) is 0 Å². The lowest BCUT2D eigenvalue weighted by Crippen LogP contribution is -2.27. The lowest BCUT2D eigenvalue weighted by molar-refractivity contribution is 0.280. The third kappa shape index (κ3) is 3.41. The van der Waals surface area contributed by atoms with Gasteiger partial charge < -0.3 is 4.74 Å². The molecule has 0 saturated heterocycles. The predicted molar refractivity (Wildman–Crippen MR) is 91.2 cm³/mol. The van der Waals surface area contributed by atoms with Gasteiger partial charge in [0.1, 0.15) is 5.75 Å². The fourth-order valence-corrected chi connectivity index (χ4v) is 5.05. The first kappa shape index (κ1) is 15.1. The molecule has 102 valence electrons. The van der Waals surface area contributed by atoms with Gasteiger partial charge in [-0.05, 0) is 18.2 Å². The van der Waals surface area contributed by atoms with E-state index in [4.69, 9.17) is 4.74 Å². The van der Waals surface area contributed by atoms with Crippen molar-refractivity contribution in [3.8, 4) is 5.75 Å². The van der Waals surface area contributed by atoms with Crippen LogP contribution in [0.5, 0.6) is 5.75 Å². The number of ether oxygens (including phenoxy) is 1. The molecule has 0 N–H and O–H groups in total. The van der Waals surface area contributed by atoms with Gasteiger partial charge in [0.25, 0.3) is 0 Å². The van der Waals surface area contributed by atoms with E-state index < -0.39 is 0 Å². The van der Waals surface area contributed by atoms with Crippen LogP contribution in [-0.4, -0.2) is 18.1 Å². The van der Waals surface area contributed by atoms with E-state index >= 15 is 0 Å². The van der Waals surface area contributed by atoms with Crippen molar-refractivity contribution in [2.24, 2.45) is 0 Å². The molecule has 2 rings (SSSR count). The number of hydrogen-bond acceptors (Lipinski definition) is 3. The van der Waals surface area contributed by atoms with E-state index in [2.05, 4.69) is 41.2 Å². The fourth-order valence-electron chi connectivity index (χ4n) is 2.08. The van der Waals surface area contributed by atoms with E-state index in [0.29, 0.717) is 0 Å². The fraction of sp³-hybridized carbons (Fsp3) is 0.333. The maximum atomic E-state index is 5.79. The van der Waals surface area contributed by atoms with Crippen LogP contribution in [0.2, 0.25) is 0 Å². The van der Waals surface area contributed by atoms with E-state index in [1.165, 1.54) is 5.56 Å². The largest absolute Gasteiger partial charge is 0.493 e. The summed E-state index contributed by atoms with van der Waals surface area (Å²) in [7, 11) is 0. The monoisotopic (exact) mass is 356 g/mol. The molecule has 1 aromatic rings. The zero-order valence-corrected chi connectivity index (χ0v) is 14.0. The summed E-state index contributed by atoms with van der Waals surface area (Å²) in [6, 6.07) is 6.27. The molecule has 4 heteroatoms. The van der Waals surface area contributed by atoms with Crippen LogP contribution in [0.15, 0.2) is 48.0 Å². The third-order valence-electron chi connectivity index (χ3n) is 2.91. The Labute approximate surface area is 132 Å². The van der Waals surface area contributed by atoms with Gasteiger partial charge in [0.15, 0.2) is 0 Å². The zero-order chi connectivity index (χ0) is 13.7. The van der Waals surface area contributed by atoms with E-state index in [9.17, 15) is 0 Å². The maximum absolute atomic E-state index is 5.79. The summed E-state index contributed by atoms with van der Waals surface area (Å²) in [4.78, 5) is 0. The highest BCUT2D eigenvalue weighted by Gasteiger charge is 2.38. The van der Waals surface area contributed by atoms with Crippen molar-refractivity contribution in [3.05, 3.63) is 53.5 Å². The molecule has 0 saturated carbocycles. The van der Waals surface area contributed by atoms with E-state index in [1.54, 1.807) is 0 Å². The Kier molecular flexibility index (Phi) is 5.48. The number of benzene rings is 1. The molecule has 0 unspecified atom stereocenters. The SMILES string of the molecule is C=CCSC1(SCC=C)CCOc2ccc(Br)cc21. The van der Waals surface area contributed by atoms with Crippen molar-refractivity contribution >= 4 is 39.5 Å². The molecular formula is C15H17BrOS2. The highest BCUT2D eigenvalue weighted by molar-refractivity contribution is 9.10. The van der Waals surface area contributed by atoms with Gasteiger partial charge in [-0.25, -0.2) is 0 Å². The quantitative estimate of drug-likeness (QED) is 0.510. The van der Waals surface area contributed by atoms with Gasteiger partial charge in [0, 0.05) is 28.0 Å². The smallest absolute Gasteiger partial charge is 0.124 e.